The van der Waals surface area contributed by atoms with E-state index >= 15 is 0 Å². The van der Waals surface area contributed by atoms with Gasteiger partial charge in [0.2, 0.25) is 0 Å². The lowest BCUT2D eigenvalue weighted by atomic mass is 9.95. The van der Waals surface area contributed by atoms with Crippen molar-refractivity contribution in [1.29, 1.82) is 0 Å². The van der Waals surface area contributed by atoms with Gasteiger partial charge in [-0.2, -0.15) is 0 Å². The van der Waals surface area contributed by atoms with Crippen molar-refractivity contribution >= 4 is 17.4 Å². The molecule has 31 heavy (non-hydrogen) atoms. The Hall–Kier alpha value is -3.45. The lowest BCUT2D eigenvalue weighted by Crippen LogP contribution is -2.31. The van der Waals surface area contributed by atoms with Crippen molar-refractivity contribution in [2.45, 2.75) is 12.5 Å². The van der Waals surface area contributed by atoms with Crippen LogP contribution in [-0.4, -0.2) is 48.6 Å². The number of carbonyl (C=O) groups is 2. The summed E-state index contributed by atoms with van der Waals surface area (Å²) in [5.74, 6) is -1.65. The number of rotatable bonds is 9. The van der Waals surface area contributed by atoms with Crippen LogP contribution in [0.5, 0.6) is 5.75 Å². The lowest BCUT2D eigenvalue weighted by molar-refractivity contribution is -0.140. The highest BCUT2D eigenvalue weighted by Crippen LogP contribution is 2.39. The number of benzene rings is 2. The van der Waals surface area contributed by atoms with Crippen molar-refractivity contribution in [3.8, 4) is 5.75 Å². The standard InChI is InChI=1S/C24H24FNO5/c1-3-14-31-19-11-7-17(8-12-19)22(27)20-21(16-5-9-18(25)10-6-16)26(13-4-15-30-2)24(29)23(20)28/h3,5-12,21,27H,1,4,13-15H2,2H3/b22-20+. The lowest BCUT2D eigenvalue weighted by Gasteiger charge is -2.25. The van der Waals surface area contributed by atoms with E-state index in [2.05, 4.69) is 6.58 Å². The topological polar surface area (TPSA) is 76.1 Å². The fourth-order valence-electron chi connectivity index (χ4n) is 3.50. The molecule has 1 fully saturated rings. The van der Waals surface area contributed by atoms with E-state index in [0.717, 1.165) is 0 Å². The molecule has 0 radical (unpaired) electrons. The summed E-state index contributed by atoms with van der Waals surface area (Å²) in [6.07, 6.45) is 2.12. The second-order valence-corrected chi connectivity index (χ2v) is 7.01. The van der Waals surface area contributed by atoms with Gasteiger partial charge in [-0.15, -0.1) is 0 Å². The van der Waals surface area contributed by atoms with Gasteiger partial charge < -0.3 is 19.5 Å². The highest BCUT2D eigenvalue weighted by Gasteiger charge is 2.45. The van der Waals surface area contributed by atoms with Gasteiger partial charge in [0.15, 0.2) is 0 Å². The zero-order valence-electron chi connectivity index (χ0n) is 17.2. The van der Waals surface area contributed by atoms with Gasteiger partial charge in [-0.1, -0.05) is 24.8 Å². The van der Waals surface area contributed by atoms with Gasteiger partial charge in [-0.3, -0.25) is 9.59 Å². The molecule has 6 nitrogen and oxygen atoms in total. The molecule has 1 aliphatic rings. The van der Waals surface area contributed by atoms with Crippen LogP contribution >= 0.6 is 0 Å². The first kappa shape index (κ1) is 22.2. The number of likely N-dealkylation sites (tertiary alicyclic amines) is 1. The van der Waals surface area contributed by atoms with Crippen LogP contribution in [0.1, 0.15) is 23.6 Å². The number of halogens is 1. The van der Waals surface area contributed by atoms with Gasteiger partial charge >= 0.3 is 0 Å². The number of hydrogen-bond acceptors (Lipinski definition) is 5. The van der Waals surface area contributed by atoms with Crippen molar-refractivity contribution in [3.63, 3.8) is 0 Å². The molecule has 162 valence electrons. The van der Waals surface area contributed by atoms with Crippen LogP contribution in [0.15, 0.2) is 66.8 Å². The minimum atomic E-state index is -0.825. The van der Waals surface area contributed by atoms with E-state index in [1.54, 1.807) is 37.5 Å². The third-order valence-corrected chi connectivity index (χ3v) is 4.97. The van der Waals surface area contributed by atoms with Crippen molar-refractivity contribution in [1.82, 2.24) is 4.90 Å². The predicted octanol–water partition coefficient (Wildman–Crippen LogP) is 3.85. The number of aliphatic hydroxyl groups is 1. The van der Waals surface area contributed by atoms with Crippen molar-refractivity contribution in [3.05, 3.63) is 83.7 Å². The molecular weight excluding hydrogens is 401 g/mol. The summed E-state index contributed by atoms with van der Waals surface area (Å²) in [5, 5.41) is 11.0. The maximum atomic E-state index is 13.5. The van der Waals surface area contributed by atoms with E-state index in [-0.39, 0.29) is 17.9 Å². The summed E-state index contributed by atoms with van der Waals surface area (Å²) in [6.45, 7) is 4.59. The van der Waals surface area contributed by atoms with Gasteiger partial charge in [0.25, 0.3) is 11.7 Å². The molecule has 0 bridgehead atoms. The molecule has 1 amide bonds. The molecule has 1 aliphatic heterocycles. The SMILES string of the molecule is C=CCOc1ccc(/C(O)=C2\C(=O)C(=O)N(CCCOC)C2c2ccc(F)cc2)cc1. The Labute approximate surface area is 180 Å². The second kappa shape index (κ2) is 10.0. The molecule has 0 spiro atoms. The number of Topliss-reactive ketones (excluding diaryl/α,β-unsaturated/α-hetero) is 1. The molecular formula is C24H24FNO5. The van der Waals surface area contributed by atoms with E-state index in [1.165, 1.54) is 29.2 Å². The van der Waals surface area contributed by atoms with Gasteiger partial charge in [0, 0.05) is 25.8 Å². The fourth-order valence-corrected chi connectivity index (χ4v) is 3.50. The number of methoxy groups -OCH3 is 1. The third-order valence-electron chi connectivity index (χ3n) is 4.97. The summed E-state index contributed by atoms with van der Waals surface area (Å²) in [7, 11) is 1.55. The molecule has 7 heteroatoms. The zero-order chi connectivity index (χ0) is 22.4. The molecule has 2 aromatic carbocycles. The quantitative estimate of drug-likeness (QED) is 0.217. The molecule has 1 atom stereocenters. The van der Waals surface area contributed by atoms with Crippen LogP contribution in [0.25, 0.3) is 5.76 Å². The minimum absolute atomic E-state index is 0.0335. The highest BCUT2D eigenvalue weighted by molar-refractivity contribution is 6.46. The number of carbonyl (C=O) groups excluding carboxylic acids is 2. The van der Waals surface area contributed by atoms with Gasteiger partial charge in [0.05, 0.1) is 11.6 Å². The van der Waals surface area contributed by atoms with Gasteiger partial charge in [0.1, 0.15) is 23.9 Å². The summed E-state index contributed by atoms with van der Waals surface area (Å²) >= 11 is 0. The fraction of sp³-hybridized carbons (Fsp3) is 0.250. The summed E-state index contributed by atoms with van der Waals surface area (Å²) in [4.78, 5) is 27.0. The second-order valence-electron chi connectivity index (χ2n) is 7.01. The third kappa shape index (κ3) is 4.83. The van der Waals surface area contributed by atoms with E-state index in [0.29, 0.717) is 36.5 Å². The summed E-state index contributed by atoms with van der Waals surface area (Å²) in [5.41, 5.74) is 0.868. The number of ketones is 1. The van der Waals surface area contributed by atoms with Crippen LogP contribution in [0.2, 0.25) is 0 Å². The average Bonchev–Trinajstić information content (AvgIpc) is 3.03. The van der Waals surface area contributed by atoms with Gasteiger partial charge in [-0.05, 0) is 48.4 Å². The Kier molecular flexibility index (Phi) is 7.20. The van der Waals surface area contributed by atoms with E-state index < -0.39 is 23.5 Å². The summed E-state index contributed by atoms with van der Waals surface area (Å²) in [6, 6.07) is 11.2. The maximum absolute atomic E-state index is 13.5. The molecule has 0 aromatic heterocycles. The van der Waals surface area contributed by atoms with Crippen LogP contribution in [-0.2, 0) is 14.3 Å². The van der Waals surface area contributed by atoms with E-state index in [1.807, 2.05) is 0 Å². The summed E-state index contributed by atoms with van der Waals surface area (Å²) < 4.78 is 24.0. The van der Waals surface area contributed by atoms with E-state index in [9.17, 15) is 19.1 Å². The molecule has 2 aromatic rings. The average molecular weight is 425 g/mol. The molecule has 1 heterocycles. The Balaban J connectivity index is 2.03. The number of aliphatic hydroxyl groups excluding tert-OH is 1. The van der Waals surface area contributed by atoms with Crippen molar-refractivity contribution in [2.75, 3.05) is 26.9 Å². The first-order valence-corrected chi connectivity index (χ1v) is 9.85. The van der Waals surface area contributed by atoms with Crippen LogP contribution in [0.4, 0.5) is 4.39 Å². The molecule has 1 unspecified atom stereocenters. The Morgan fingerprint density at radius 2 is 1.84 bits per heavy atom. The minimum Gasteiger partial charge on any atom is -0.507 e. The Morgan fingerprint density at radius 1 is 1.16 bits per heavy atom. The monoisotopic (exact) mass is 425 g/mol. The Bertz CT molecular complexity index is 982. The first-order chi connectivity index (χ1) is 15.0. The molecule has 0 aliphatic carbocycles. The van der Waals surface area contributed by atoms with Gasteiger partial charge in [-0.25, -0.2) is 4.39 Å². The van der Waals surface area contributed by atoms with Crippen molar-refractivity contribution in [2.24, 2.45) is 0 Å². The molecule has 3 rings (SSSR count). The molecule has 0 saturated carbocycles. The van der Waals surface area contributed by atoms with Crippen LogP contribution in [0.3, 0.4) is 0 Å². The maximum Gasteiger partial charge on any atom is 0.295 e. The Morgan fingerprint density at radius 3 is 2.45 bits per heavy atom. The zero-order valence-corrected chi connectivity index (χ0v) is 17.2. The number of hydrogen-bond donors (Lipinski definition) is 1. The smallest absolute Gasteiger partial charge is 0.295 e. The number of amides is 1. The van der Waals surface area contributed by atoms with Crippen LogP contribution < -0.4 is 4.74 Å². The molecule has 1 N–H and O–H groups in total. The molecule has 1 saturated heterocycles. The first-order valence-electron chi connectivity index (χ1n) is 9.85. The largest absolute Gasteiger partial charge is 0.507 e. The normalized spacial score (nSPS) is 17.7. The van der Waals surface area contributed by atoms with E-state index in [4.69, 9.17) is 9.47 Å². The number of ether oxygens (including phenoxy) is 2. The van der Waals surface area contributed by atoms with Crippen LogP contribution in [0, 0.1) is 5.82 Å². The highest BCUT2D eigenvalue weighted by atomic mass is 19.1. The number of nitrogens with zero attached hydrogens (tertiary/aromatic N) is 1. The predicted molar refractivity (Wildman–Crippen MR) is 114 cm³/mol. The van der Waals surface area contributed by atoms with Crippen molar-refractivity contribution < 1.29 is 28.6 Å².